The van der Waals surface area contributed by atoms with Gasteiger partial charge in [0.05, 0.1) is 21.1 Å². The maximum Gasteiger partial charge on any atom is 0.373 e. The molecule has 10 amide bonds. The molecule has 0 atom stereocenters. The monoisotopic (exact) mass is 2170 g/mol. The third-order valence-electron chi connectivity index (χ3n) is 23.6. The minimum Gasteiger partial charge on any atom is -0.390 e. The molecule has 15 rings (SSSR count). The summed E-state index contributed by atoms with van der Waals surface area (Å²) in [5.41, 5.74) is 30.5. The van der Waals surface area contributed by atoms with Crippen molar-refractivity contribution in [2.45, 2.75) is 172 Å². The second kappa shape index (κ2) is 61.4. The standard InChI is InChI=1S/C21H28ClN3OS.2C18H21ClN4O2S.C17H20ClN3OS.C13H22N2S.C7H13NO.3CO2.2ClH.F2.FH/c1-6-25-12-11-16-17(13-25)27-19(18(16)21(2,3)4)23-20(26)24(5)15-9-7-14(22)8-10-15;2*1-3-23-9-8-13-14(10-23)26-17(15(13)16(20)24)21-18(25)22(2)12-6-4-11(19)5-7-12;1-3-21-9-8-12-10-16(23-15(12)11-21)19-17(22)20(2)14-6-4-13(18)5-7-14;1-5-15-7-6-9-10(8-15)16-12(14)11(9)13(2,3)4;1-2-8-5-3-7(9)4-6-8;3*2-1-3;;;1-2;/h7-10H,6,11-13H2,1-5H3,(H,23,26);2*4-7H,3,8-10H2,1-2H3,(H2,20,24)(H,21,25);4-7,10H,3,8-9,11H2,1-2H3,(H,19,22);5-8,14H2,1-4H3;2-6H2,1H3;;;;2*1H;;1H. The molecule has 0 bridgehead atoms. The van der Waals surface area contributed by atoms with Gasteiger partial charge in [0.15, 0.2) is 0 Å². The SMILES string of the molecule is CCN1CCC(=O)CC1.CCN1CCc2c(sc(N)c2C(C)(C)C)C1.CCN1CCc2c(sc(NC(=O)N(C)c3ccc(Cl)cc3)c2C(C)(C)C)C1.CCN1CCc2c(sc(NC(=O)N(C)c3ccc(Cl)cc3)c2C(N)=O)C1.CCN1CCc2c(sc(NC(=O)N(C)c3ccc(Cl)cc3)c2C(N)=O)C1.CCN1CCc2cc(NC(=O)N(C)c3ccc(Cl)cc3)sc2C1.Cl.Cl.F.FF.O=C=O.O=C=O.O=C=O. The molecular formula is C97H128Cl6F3N17O13S5. The van der Waals surface area contributed by atoms with E-state index >= 15 is 0 Å². The highest BCUT2D eigenvalue weighted by atomic mass is 35.5. The number of urea groups is 4. The minimum atomic E-state index is -0.503. The second-order valence-corrected chi connectivity index (χ2v) is 41.7. The first kappa shape index (κ1) is 125. The summed E-state index contributed by atoms with van der Waals surface area (Å²) in [4.78, 5) is 161. The number of nitrogens with two attached hydrogens (primary N) is 3. The van der Waals surface area contributed by atoms with Crippen LogP contribution in [-0.2, 0) is 109 Å². The Morgan fingerprint density at radius 3 is 0.922 bits per heavy atom. The van der Waals surface area contributed by atoms with Gasteiger partial charge in [0, 0.05) is 196 Å². The molecule has 30 nitrogen and oxygen atoms in total. The van der Waals surface area contributed by atoms with Gasteiger partial charge in [-0.15, -0.1) is 81.5 Å². The lowest BCUT2D eigenvalue weighted by Gasteiger charge is -2.28. The fourth-order valence-electron chi connectivity index (χ4n) is 16.0. The number of hydrogen-bond donors (Lipinski definition) is 7. The van der Waals surface area contributed by atoms with Crippen LogP contribution in [0.1, 0.15) is 180 Å². The number of nitrogen functional groups attached to an aromatic ring is 1. The first-order valence-electron chi connectivity index (χ1n) is 44.8. The summed E-state index contributed by atoms with van der Waals surface area (Å²) in [7, 11) is 6.86. The zero-order valence-electron chi connectivity index (χ0n) is 82.0. The number of likely N-dealkylation sites (N-methyl/N-ethyl adjacent to an activating group) is 5. The van der Waals surface area contributed by atoms with E-state index in [4.69, 9.17) is 102 Å². The lowest BCUT2D eigenvalue weighted by Crippen LogP contribution is -2.33. The molecule has 10 N–H and O–H groups in total. The molecule has 772 valence electrons. The molecule has 11 heterocycles. The fraction of sp³-hybridized carbons (Fsp3) is 0.443. The third-order valence-corrected chi connectivity index (χ3v) is 30.1. The Hall–Kier alpha value is -9.70. The largest absolute Gasteiger partial charge is 0.390 e. The number of anilines is 9. The van der Waals surface area contributed by atoms with Crippen LogP contribution < -0.4 is 58.1 Å². The Kier molecular flexibility index (Phi) is 54.7. The Morgan fingerprint density at radius 1 is 0.376 bits per heavy atom. The molecule has 5 aromatic heterocycles. The van der Waals surface area contributed by atoms with Gasteiger partial charge in [0.2, 0.25) is 0 Å². The average molecular weight is 2170 g/mol. The van der Waals surface area contributed by atoms with Gasteiger partial charge in [-0.05, 0) is 224 Å². The number of benzene rings is 4. The smallest absolute Gasteiger partial charge is 0.373 e. The lowest BCUT2D eigenvalue weighted by molar-refractivity contribution is -0.193. The first-order valence-corrected chi connectivity index (χ1v) is 50.4. The van der Waals surface area contributed by atoms with Crippen LogP contribution in [0, 0.1) is 0 Å². The molecule has 0 spiro atoms. The summed E-state index contributed by atoms with van der Waals surface area (Å²) in [6.45, 7) is 44.4. The molecule has 1 fully saturated rings. The molecule has 1 saturated heterocycles. The highest BCUT2D eigenvalue weighted by Crippen LogP contribution is 2.46. The summed E-state index contributed by atoms with van der Waals surface area (Å²) in [5.74, 6) is -0.575. The molecule has 44 heteroatoms. The van der Waals surface area contributed by atoms with Crippen LogP contribution in [0.4, 0.5) is 80.8 Å². The number of likely N-dealkylation sites (tertiary alicyclic amines) is 1. The molecule has 6 aliphatic rings. The van der Waals surface area contributed by atoms with Crippen molar-refractivity contribution in [2.24, 2.45) is 11.5 Å². The number of amides is 10. The number of ketones is 1. The highest BCUT2D eigenvalue weighted by molar-refractivity contribution is 7.18. The molecule has 141 heavy (non-hydrogen) atoms. The number of nitrogens with zero attached hydrogens (tertiary/aromatic N) is 10. The van der Waals surface area contributed by atoms with E-state index in [1.54, 1.807) is 150 Å². The van der Waals surface area contributed by atoms with E-state index in [0.29, 0.717) is 58.4 Å². The van der Waals surface area contributed by atoms with Gasteiger partial charge in [0.1, 0.15) is 20.8 Å². The van der Waals surface area contributed by atoms with E-state index < -0.39 is 11.8 Å². The third kappa shape index (κ3) is 36.8. The lowest BCUT2D eigenvalue weighted by atomic mass is 9.83. The molecule has 0 radical (unpaired) electrons. The summed E-state index contributed by atoms with van der Waals surface area (Å²) < 4.78 is 16.0. The van der Waals surface area contributed by atoms with Gasteiger partial charge >= 0.3 is 42.6 Å². The van der Waals surface area contributed by atoms with E-state index in [2.05, 4.69) is 140 Å². The van der Waals surface area contributed by atoms with Crippen LogP contribution in [0.5, 0.6) is 0 Å². The molecule has 0 aliphatic carbocycles. The van der Waals surface area contributed by atoms with E-state index in [1.165, 1.54) is 82.3 Å². The number of nitrogens with one attached hydrogen (secondary N) is 4. The molecule has 4 aromatic carbocycles. The minimum absolute atomic E-state index is 0. The van der Waals surface area contributed by atoms with Crippen LogP contribution in [0.3, 0.4) is 0 Å². The average Bonchev–Trinajstić information content (AvgIpc) is 1.63. The topological polar surface area (TPSA) is 380 Å². The number of hydrogen-bond acceptors (Lipinski definition) is 25. The van der Waals surface area contributed by atoms with Crippen molar-refractivity contribution < 1.29 is 76.2 Å². The van der Waals surface area contributed by atoms with Crippen molar-refractivity contribution in [3.8, 4) is 0 Å². The van der Waals surface area contributed by atoms with Gasteiger partial charge in [-0.3, -0.25) is 84.5 Å². The Bertz CT molecular complexity index is 5470. The van der Waals surface area contributed by atoms with Crippen molar-refractivity contribution >= 4 is 236 Å². The van der Waals surface area contributed by atoms with Crippen molar-refractivity contribution in [3.63, 3.8) is 0 Å². The van der Waals surface area contributed by atoms with Gasteiger partial charge in [0.25, 0.3) is 11.8 Å². The molecule has 0 unspecified atom stereocenters. The number of fused-ring (bicyclic) bond motifs is 5. The van der Waals surface area contributed by atoms with Crippen molar-refractivity contribution in [1.82, 2.24) is 29.4 Å². The quantitative estimate of drug-likeness (QED) is 0.0472. The van der Waals surface area contributed by atoms with Gasteiger partial charge < -0.3 is 22.1 Å². The van der Waals surface area contributed by atoms with E-state index in [-0.39, 0.29) is 82.9 Å². The number of halogens is 9. The summed E-state index contributed by atoms with van der Waals surface area (Å²) >= 11 is 31.7. The van der Waals surface area contributed by atoms with Crippen molar-refractivity contribution in [2.75, 3.05) is 160 Å². The predicted octanol–water partition coefficient (Wildman–Crippen LogP) is 21.0. The van der Waals surface area contributed by atoms with Crippen molar-refractivity contribution in [3.05, 3.63) is 198 Å². The normalized spacial score (nSPS) is 14.0. The van der Waals surface area contributed by atoms with E-state index in [1.807, 2.05) is 24.3 Å². The second-order valence-electron chi connectivity index (χ2n) is 34.3. The number of primary amides is 2. The number of rotatable bonds is 16. The predicted molar refractivity (Wildman–Crippen MR) is 570 cm³/mol. The summed E-state index contributed by atoms with van der Waals surface area (Å²) in [5, 5.41) is 18.4. The first-order chi connectivity index (χ1) is 65.6. The zero-order valence-corrected chi connectivity index (χ0v) is 90.8. The van der Waals surface area contributed by atoms with Gasteiger partial charge in [-0.2, -0.15) is 28.8 Å². The maximum atomic E-state index is 12.9. The van der Waals surface area contributed by atoms with Gasteiger partial charge in [-0.1, -0.05) is 129 Å². The Labute approximate surface area is 875 Å². The fourth-order valence-corrected chi connectivity index (χ4v) is 23.1. The van der Waals surface area contributed by atoms with E-state index in [0.717, 1.165) is 197 Å². The van der Waals surface area contributed by atoms with Crippen LogP contribution in [-0.4, -0.2) is 203 Å². The van der Waals surface area contributed by atoms with E-state index in [9.17, 15) is 33.6 Å². The van der Waals surface area contributed by atoms with Crippen molar-refractivity contribution in [1.29, 1.82) is 0 Å². The number of carbonyl (C=O) groups excluding carboxylic acids is 13. The summed E-state index contributed by atoms with van der Waals surface area (Å²) in [6, 6.07) is 29.6. The molecule has 0 saturated carbocycles. The van der Waals surface area contributed by atoms with Gasteiger partial charge in [-0.25, -0.2) is 19.2 Å². The number of carbonyl (C=O) groups is 7. The number of Topliss-reactive ketones (excluding diaryl/α,β-unsaturated/α-hetero) is 1. The molecule has 6 aliphatic heterocycles. The molecule has 9 aromatic rings. The van der Waals surface area contributed by atoms with Crippen LogP contribution >= 0.6 is 128 Å². The van der Waals surface area contributed by atoms with Crippen LogP contribution in [0.25, 0.3) is 0 Å². The summed E-state index contributed by atoms with van der Waals surface area (Å²) in [6.07, 6.45) is 7.10. The maximum absolute atomic E-state index is 12.9. The zero-order chi connectivity index (χ0) is 103. The van der Waals surface area contributed by atoms with Crippen LogP contribution in [0.2, 0.25) is 20.1 Å². The number of piperidine rings is 1. The Balaban J connectivity index is 0.000000432. The highest BCUT2D eigenvalue weighted by Gasteiger charge is 2.35. The van der Waals surface area contributed by atoms with Crippen LogP contribution in [0.15, 0.2) is 103 Å². The Morgan fingerprint density at radius 2 is 0.624 bits per heavy atom. The molecular weight excluding hydrogens is 2040 g/mol. The number of thiophene rings is 5.